The Bertz CT molecular complexity index is 554. The Hall–Kier alpha value is -1.51. The minimum Gasteiger partial charge on any atom is -0.497 e. The van der Waals surface area contributed by atoms with Crippen molar-refractivity contribution in [3.05, 3.63) is 64.2 Å². The van der Waals surface area contributed by atoms with E-state index in [4.69, 9.17) is 22.1 Å². The van der Waals surface area contributed by atoms with Crippen molar-refractivity contribution >= 4 is 11.6 Å². The lowest BCUT2D eigenvalue weighted by Crippen LogP contribution is -2.13. The van der Waals surface area contributed by atoms with Crippen molar-refractivity contribution in [1.29, 1.82) is 0 Å². The van der Waals surface area contributed by atoms with Gasteiger partial charge in [0.2, 0.25) is 0 Å². The van der Waals surface area contributed by atoms with Gasteiger partial charge in [0.15, 0.2) is 0 Å². The zero-order valence-corrected chi connectivity index (χ0v) is 11.2. The molecule has 0 bridgehead atoms. The van der Waals surface area contributed by atoms with Gasteiger partial charge in [0.05, 0.1) is 13.2 Å². The molecule has 0 radical (unpaired) electrons. The Balaban J connectivity index is 2.40. The molecule has 2 rings (SSSR count). The number of ether oxygens (including phenoxy) is 1. The smallest absolute Gasteiger partial charge is 0.119 e. The Morgan fingerprint density at radius 3 is 2.44 bits per heavy atom. The molecule has 0 unspecified atom stereocenters. The molecule has 2 aromatic carbocycles. The maximum atomic E-state index is 6.28. The average Bonchev–Trinajstić information content (AvgIpc) is 2.38. The Labute approximate surface area is 112 Å². The van der Waals surface area contributed by atoms with Crippen LogP contribution in [-0.2, 0) is 0 Å². The Kier molecular flexibility index (Phi) is 3.90. The first kappa shape index (κ1) is 12.9. The third-order valence-corrected chi connectivity index (χ3v) is 3.40. The molecule has 0 saturated carbocycles. The fourth-order valence-corrected chi connectivity index (χ4v) is 2.27. The highest BCUT2D eigenvalue weighted by molar-refractivity contribution is 6.31. The van der Waals surface area contributed by atoms with E-state index in [2.05, 4.69) is 0 Å². The monoisotopic (exact) mass is 261 g/mol. The zero-order chi connectivity index (χ0) is 13.1. The van der Waals surface area contributed by atoms with Crippen molar-refractivity contribution < 1.29 is 4.74 Å². The van der Waals surface area contributed by atoms with Crippen LogP contribution in [0.15, 0.2) is 42.5 Å². The van der Waals surface area contributed by atoms with Crippen LogP contribution in [0, 0.1) is 6.92 Å². The summed E-state index contributed by atoms with van der Waals surface area (Å²) in [5.74, 6) is 0.836. The van der Waals surface area contributed by atoms with E-state index in [1.165, 1.54) is 0 Å². The molecule has 2 aromatic rings. The van der Waals surface area contributed by atoms with Crippen LogP contribution < -0.4 is 10.5 Å². The van der Waals surface area contributed by atoms with E-state index in [1.54, 1.807) is 7.11 Å². The highest BCUT2D eigenvalue weighted by Gasteiger charge is 2.14. The maximum absolute atomic E-state index is 6.28. The van der Waals surface area contributed by atoms with Crippen LogP contribution in [0.5, 0.6) is 5.75 Å². The summed E-state index contributed by atoms with van der Waals surface area (Å²) in [6.07, 6.45) is 0. The minimum absolute atomic E-state index is 0.218. The third-order valence-electron chi connectivity index (χ3n) is 3.05. The molecule has 0 saturated heterocycles. The number of hydrogen-bond donors (Lipinski definition) is 1. The number of nitrogens with two attached hydrogens (primary N) is 1. The molecule has 0 spiro atoms. The van der Waals surface area contributed by atoms with E-state index < -0.39 is 0 Å². The third kappa shape index (κ3) is 2.50. The molecule has 0 amide bonds. The highest BCUT2D eigenvalue weighted by atomic mass is 35.5. The molecule has 0 aliphatic heterocycles. The number of halogens is 1. The van der Waals surface area contributed by atoms with Crippen molar-refractivity contribution in [1.82, 2.24) is 0 Å². The fraction of sp³-hybridized carbons (Fsp3) is 0.200. The van der Waals surface area contributed by atoms with Crippen molar-refractivity contribution in [3.63, 3.8) is 0 Å². The van der Waals surface area contributed by atoms with Crippen LogP contribution in [0.25, 0.3) is 0 Å². The van der Waals surface area contributed by atoms with Gasteiger partial charge in [-0.15, -0.1) is 0 Å². The summed E-state index contributed by atoms with van der Waals surface area (Å²) >= 11 is 6.18. The lowest BCUT2D eigenvalue weighted by Gasteiger charge is -2.17. The van der Waals surface area contributed by atoms with Gasteiger partial charge < -0.3 is 10.5 Å². The first-order valence-electron chi connectivity index (χ1n) is 5.78. The average molecular weight is 262 g/mol. The molecule has 0 fully saturated rings. The van der Waals surface area contributed by atoms with Gasteiger partial charge >= 0.3 is 0 Å². The molecular weight excluding hydrogens is 246 g/mol. The lowest BCUT2D eigenvalue weighted by molar-refractivity contribution is 0.414. The number of aryl methyl sites for hydroxylation is 1. The SMILES string of the molecule is COc1ccc([C@H](N)c2ccccc2Cl)c(C)c1. The first-order chi connectivity index (χ1) is 8.63. The van der Waals surface area contributed by atoms with Crippen molar-refractivity contribution in [2.45, 2.75) is 13.0 Å². The topological polar surface area (TPSA) is 35.2 Å². The number of rotatable bonds is 3. The summed E-state index contributed by atoms with van der Waals surface area (Å²) in [7, 11) is 1.66. The second-order valence-corrected chi connectivity index (χ2v) is 4.63. The second-order valence-electron chi connectivity index (χ2n) is 4.22. The van der Waals surface area contributed by atoms with E-state index in [0.717, 1.165) is 22.4 Å². The first-order valence-corrected chi connectivity index (χ1v) is 6.16. The van der Waals surface area contributed by atoms with Crippen molar-refractivity contribution in [3.8, 4) is 5.75 Å². The number of methoxy groups -OCH3 is 1. The number of hydrogen-bond acceptors (Lipinski definition) is 2. The summed E-state index contributed by atoms with van der Waals surface area (Å²) in [5.41, 5.74) is 9.38. The molecular formula is C15H16ClNO. The van der Waals surface area contributed by atoms with Crippen LogP contribution in [0.2, 0.25) is 5.02 Å². The molecule has 0 heterocycles. The Morgan fingerprint density at radius 1 is 1.11 bits per heavy atom. The second kappa shape index (κ2) is 5.42. The summed E-state index contributed by atoms with van der Waals surface area (Å²) in [4.78, 5) is 0. The van der Waals surface area contributed by atoms with E-state index in [0.29, 0.717) is 5.02 Å². The van der Waals surface area contributed by atoms with Crippen LogP contribution >= 0.6 is 11.6 Å². The van der Waals surface area contributed by atoms with Crippen LogP contribution in [-0.4, -0.2) is 7.11 Å². The lowest BCUT2D eigenvalue weighted by atomic mass is 9.95. The predicted octanol–water partition coefficient (Wildman–Crippen LogP) is 3.71. The van der Waals surface area contributed by atoms with Crippen LogP contribution in [0.4, 0.5) is 0 Å². The van der Waals surface area contributed by atoms with Gasteiger partial charge in [-0.1, -0.05) is 35.9 Å². The van der Waals surface area contributed by atoms with Crippen LogP contribution in [0.3, 0.4) is 0 Å². The highest BCUT2D eigenvalue weighted by Crippen LogP contribution is 2.29. The number of benzene rings is 2. The van der Waals surface area contributed by atoms with Crippen molar-refractivity contribution in [2.75, 3.05) is 7.11 Å². The predicted molar refractivity (Wildman–Crippen MR) is 75.2 cm³/mol. The van der Waals surface area contributed by atoms with Gasteiger partial charge in [-0.05, 0) is 41.8 Å². The van der Waals surface area contributed by atoms with E-state index in [9.17, 15) is 0 Å². The fourth-order valence-electron chi connectivity index (χ4n) is 2.02. The zero-order valence-electron chi connectivity index (χ0n) is 10.5. The Morgan fingerprint density at radius 2 is 1.83 bits per heavy atom. The van der Waals surface area contributed by atoms with Crippen molar-refractivity contribution in [2.24, 2.45) is 5.73 Å². The molecule has 0 aliphatic carbocycles. The summed E-state index contributed by atoms with van der Waals surface area (Å²) < 4.78 is 5.19. The van der Waals surface area contributed by atoms with Gasteiger partial charge in [-0.25, -0.2) is 0 Å². The van der Waals surface area contributed by atoms with E-state index in [1.807, 2.05) is 49.4 Å². The largest absolute Gasteiger partial charge is 0.497 e. The van der Waals surface area contributed by atoms with Crippen LogP contribution in [0.1, 0.15) is 22.7 Å². The van der Waals surface area contributed by atoms with E-state index >= 15 is 0 Å². The summed E-state index contributed by atoms with van der Waals surface area (Å²) in [6, 6.07) is 13.3. The molecule has 0 aromatic heterocycles. The quantitative estimate of drug-likeness (QED) is 0.914. The molecule has 94 valence electrons. The van der Waals surface area contributed by atoms with Gasteiger partial charge in [-0.3, -0.25) is 0 Å². The van der Waals surface area contributed by atoms with Gasteiger partial charge in [0.25, 0.3) is 0 Å². The van der Waals surface area contributed by atoms with E-state index in [-0.39, 0.29) is 6.04 Å². The van der Waals surface area contributed by atoms with Gasteiger partial charge in [0.1, 0.15) is 5.75 Å². The molecule has 2 N–H and O–H groups in total. The summed E-state index contributed by atoms with van der Waals surface area (Å²) in [6.45, 7) is 2.02. The molecule has 0 aliphatic rings. The molecule has 3 heteroatoms. The molecule has 1 atom stereocenters. The standard InChI is InChI=1S/C15H16ClNO/c1-10-9-11(18-2)7-8-12(10)15(17)13-5-3-4-6-14(13)16/h3-9,15H,17H2,1-2H3/t15-/m0/s1. The van der Waals surface area contributed by atoms with Gasteiger partial charge in [0, 0.05) is 5.02 Å². The minimum atomic E-state index is -0.218. The van der Waals surface area contributed by atoms with Gasteiger partial charge in [-0.2, -0.15) is 0 Å². The molecule has 18 heavy (non-hydrogen) atoms. The maximum Gasteiger partial charge on any atom is 0.119 e. The molecule has 2 nitrogen and oxygen atoms in total. The summed E-state index contributed by atoms with van der Waals surface area (Å²) in [5, 5.41) is 0.695. The normalized spacial score (nSPS) is 12.2.